The van der Waals surface area contributed by atoms with Crippen molar-refractivity contribution >= 4 is 32.2 Å². The molecule has 0 spiro atoms. The van der Waals surface area contributed by atoms with Crippen LogP contribution in [-0.2, 0) is 20.0 Å². The van der Waals surface area contributed by atoms with Crippen molar-refractivity contribution in [1.82, 2.24) is 4.98 Å². The molecule has 0 atom stereocenters. The highest BCUT2D eigenvalue weighted by molar-refractivity contribution is 7.93. The van der Waals surface area contributed by atoms with Crippen molar-refractivity contribution in [2.75, 3.05) is 5.32 Å². The molecule has 2 aromatic rings. The largest absolute Gasteiger partial charge is 0.301 e. The molecule has 0 radical (unpaired) electrons. The second kappa shape index (κ2) is 6.78. The van der Waals surface area contributed by atoms with Crippen molar-refractivity contribution in [3.8, 4) is 0 Å². The van der Waals surface area contributed by atoms with E-state index in [0.717, 1.165) is 10.6 Å². The third kappa shape index (κ3) is 3.69. The Morgan fingerprint density at radius 2 is 1.65 bits per heavy atom. The first-order valence-corrected chi connectivity index (χ1v) is 10.7. The fourth-order valence-corrected chi connectivity index (χ4v) is 5.26. The number of carbonyl (C=O) groups is 1. The zero-order chi connectivity index (χ0) is 19.9. The number of thiazole rings is 1. The van der Waals surface area contributed by atoms with Gasteiger partial charge in [-0.1, -0.05) is 39.0 Å². The summed E-state index contributed by atoms with van der Waals surface area (Å²) in [6, 6.07) is 6.69. The molecule has 0 aliphatic rings. The van der Waals surface area contributed by atoms with Crippen LogP contribution >= 0.6 is 11.3 Å². The van der Waals surface area contributed by atoms with E-state index < -0.39 is 20.5 Å². The third-order valence-electron chi connectivity index (χ3n) is 4.30. The molecule has 1 aromatic carbocycles. The van der Waals surface area contributed by atoms with Gasteiger partial charge in [0.15, 0.2) is 15.0 Å². The molecule has 2 rings (SSSR count). The number of rotatable bonds is 4. The van der Waals surface area contributed by atoms with Gasteiger partial charge in [0.25, 0.3) is 0 Å². The lowest BCUT2D eigenvalue weighted by atomic mass is 9.94. The summed E-state index contributed by atoms with van der Waals surface area (Å²) in [5, 5.41) is 3.12. The summed E-state index contributed by atoms with van der Waals surface area (Å²) in [6.07, 6.45) is 0. The second-order valence-corrected chi connectivity index (χ2v) is 11.4. The van der Waals surface area contributed by atoms with Crippen LogP contribution in [-0.4, -0.2) is 24.1 Å². The van der Waals surface area contributed by atoms with Crippen molar-refractivity contribution in [1.29, 1.82) is 0 Å². The van der Waals surface area contributed by atoms with Gasteiger partial charge in [-0.2, -0.15) is 0 Å². The van der Waals surface area contributed by atoms with Crippen molar-refractivity contribution in [3.05, 3.63) is 40.4 Å². The maximum absolute atomic E-state index is 13.1. The van der Waals surface area contributed by atoms with E-state index in [2.05, 4.69) is 31.1 Å². The molecule has 1 aromatic heterocycles. The number of carbonyl (C=O) groups excluding carboxylic acids is 1. The zero-order valence-electron chi connectivity index (χ0n) is 16.3. The number of nitrogens with zero attached hydrogens (tertiary/aromatic N) is 1. The Morgan fingerprint density at radius 3 is 2.15 bits per heavy atom. The van der Waals surface area contributed by atoms with Crippen molar-refractivity contribution in [3.63, 3.8) is 0 Å². The molecule has 0 bridgehead atoms. The maximum atomic E-state index is 13.1. The summed E-state index contributed by atoms with van der Waals surface area (Å²) in [7, 11) is -3.86. The molecule has 1 amide bonds. The number of hydrogen-bond acceptors (Lipinski definition) is 5. The Hall–Kier alpha value is -1.73. The number of aryl methyl sites for hydroxylation is 2. The Bertz CT molecular complexity index is 936. The molecule has 26 heavy (non-hydrogen) atoms. The van der Waals surface area contributed by atoms with Gasteiger partial charge in [0.2, 0.25) is 5.91 Å². The van der Waals surface area contributed by atoms with Crippen molar-refractivity contribution < 1.29 is 13.2 Å². The Labute approximate surface area is 159 Å². The van der Waals surface area contributed by atoms with Gasteiger partial charge in [-0.15, -0.1) is 11.3 Å². The Morgan fingerprint density at radius 1 is 1.08 bits per heavy atom. The molecule has 7 heteroatoms. The molecule has 0 aliphatic heterocycles. The van der Waals surface area contributed by atoms with Gasteiger partial charge in [0.1, 0.15) is 4.75 Å². The molecular weight excluding hydrogens is 368 g/mol. The summed E-state index contributed by atoms with van der Waals surface area (Å²) in [5.41, 5.74) is 1.37. The minimum Gasteiger partial charge on any atom is -0.301 e. The Balaban J connectivity index is 2.36. The number of nitrogens with one attached hydrogen (secondary N) is 1. The standard InChI is InChI=1S/C19H26N2O3S2/c1-12-10-8-9-11-14(12)26(23,24)19(6,7)16(22)21-17-20-13(2)15(25-17)18(3,4)5/h8-11H,1-7H3,(H,20,21,22). The summed E-state index contributed by atoms with van der Waals surface area (Å²) >= 11 is 1.38. The average Bonchev–Trinajstić information content (AvgIpc) is 2.88. The fourth-order valence-electron chi connectivity index (χ4n) is 2.65. The predicted octanol–water partition coefficient (Wildman–Crippen LogP) is 4.25. The van der Waals surface area contributed by atoms with Gasteiger partial charge in [-0.3, -0.25) is 4.79 Å². The van der Waals surface area contributed by atoms with Gasteiger partial charge in [0, 0.05) is 4.88 Å². The van der Waals surface area contributed by atoms with Gasteiger partial charge >= 0.3 is 0 Å². The SMILES string of the molecule is Cc1ccccc1S(=O)(=O)C(C)(C)C(=O)Nc1nc(C)c(C(C)(C)C)s1. The average molecular weight is 395 g/mol. The molecule has 5 nitrogen and oxygen atoms in total. The lowest BCUT2D eigenvalue weighted by Crippen LogP contribution is -2.44. The van der Waals surface area contributed by atoms with Crippen molar-refractivity contribution in [2.24, 2.45) is 0 Å². The molecule has 142 valence electrons. The van der Waals surface area contributed by atoms with Gasteiger partial charge < -0.3 is 5.32 Å². The van der Waals surface area contributed by atoms with Crippen LogP contribution in [0.2, 0.25) is 0 Å². The van der Waals surface area contributed by atoms with E-state index >= 15 is 0 Å². The number of sulfone groups is 1. The summed E-state index contributed by atoms with van der Waals surface area (Å²) in [6.45, 7) is 12.7. The van der Waals surface area contributed by atoms with Crippen LogP contribution in [0.3, 0.4) is 0 Å². The smallest absolute Gasteiger partial charge is 0.247 e. The number of hydrogen-bond donors (Lipinski definition) is 1. The fraction of sp³-hybridized carbons (Fsp3) is 0.474. The van der Waals surface area contributed by atoms with E-state index in [-0.39, 0.29) is 10.3 Å². The first kappa shape index (κ1) is 20.6. The van der Waals surface area contributed by atoms with Crippen LogP contribution < -0.4 is 5.32 Å². The van der Waals surface area contributed by atoms with Crippen LogP contribution in [0.5, 0.6) is 0 Å². The minimum atomic E-state index is -3.86. The highest BCUT2D eigenvalue weighted by Crippen LogP contribution is 2.35. The molecule has 0 saturated carbocycles. The molecule has 0 unspecified atom stereocenters. The number of aromatic nitrogens is 1. The van der Waals surface area contributed by atoms with E-state index in [1.165, 1.54) is 31.3 Å². The Kier molecular flexibility index (Phi) is 5.36. The van der Waals surface area contributed by atoms with Gasteiger partial charge in [-0.05, 0) is 44.7 Å². The van der Waals surface area contributed by atoms with Gasteiger partial charge in [0.05, 0.1) is 10.6 Å². The lowest BCUT2D eigenvalue weighted by Gasteiger charge is -2.24. The molecule has 1 N–H and O–H groups in total. The minimum absolute atomic E-state index is 0.0898. The molecule has 0 aliphatic carbocycles. The first-order valence-electron chi connectivity index (χ1n) is 8.38. The first-order chi connectivity index (χ1) is 11.8. The lowest BCUT2D eigenvalue weighted by molar-refractivity contribution is -0.117. The normalized spacial score (nSPS) is 12.9. The van der Waals surface area contributed by atoms with Crippen LogP contribution in [0, 0.1) is 13.8 Å². The highest BCUT2D eigenvalue weighted by atomic mass is 32.2. The van der Waals surface area contributed by atoms with Crippen molar-refractivity contribution in [2.45, 2.75) is 63.5 Å². The monoisotopic (exact) mass is 394 g/mol. The van der Waals surface area contributed by atoms with E-state index in [9.17, 15) is 13.2 Å². The maximum Gasteiger partial charge on any atom is 0.247 e. The summed E-state index contributed by atoms with van der Waals surface area (Å²) in [4.78, 5) is 18.4. The number of amides is 1. The summed E-state index contributed by atoms with van der Waals surface area (Å²) < 4.78 is 24.5. The molecule has 1 heterocycles. The third-order valence-corrected chi connectivity index (χ3v) is 8.36. The number of anilines is 1. The molecule has 0 saturated heterocycles. The zero-order valence-corrected chi connectivity index (χ0v) is 17.9. The van der Waals surface area contributed by atoms with Crippen LogP contribution in [0.25, 0.3) is 0 Å². The highest BCUT2D eigenvalue weighted by Gasteiger charge is 2.43. The van der Waals surface area contributed by atoms with E-state index in [0.29, 0.717) is 10.7 Å². The van der Waals surface area contributed by atoms with E-state index in [1.807, 2.05) is 6.92 Å². The topological polar surface area (TPSA) is 76.1 Å². The quantitative estimate of drug-likeness (QED) is 0.841. The molecule has 0 fully saturated rings. The van der Waals surface area contributed by atoms with E-state index in [4.69, 9.17) is 0 Å². The van der Waals surface area contributed by atoms with E-state index in [1.54, 1.807) is 25.1 Å². The van der Waals surface area contributed by atoms with Gasteiger partial charge in [-0.25, -0.2) is 13.4 Å². The molecular formula is C19H26N2O3S2. The van der Waals surface area contributed by atoms with Crippen LogP contribution in [0.1, 0.15) is 50.8 Å². The second-order valence-electron chi connectivity index (χ2n) is 7.92. The summed E-state index contributed by atoms with van der Waals surface area (Å²) in [5.74, 6) is -0.588. The predicted molar refractivity (Wildman–Crippen MR) is 107 cm³/mol. The van der Waals surface area contributed by atoms with Crippen LogP contribution in [0.15, 0.2) is 29.2 Å². The number of benzene rings is 1. The van der Waals surface area contributed by atoms with Crippen LogP contribution in [0.4, 0.5) is 5.13 Å².